The standard InChI is InChI=1S/C27H25N3O2S/c1-18-13-14-22(15-19(18)2)28-27-29(25-12-6-8-20-7-3-4-11-24(20)25)26(17-33-27)21-9-5-10-23(16-21)30(31)32/h3-5,7,9-11,13-17,25H,6,8,12H2,1-2H3. The maximum Gasteiger partial charge on any atom is 0.270 e. The number of aromatic nitrogens is 1. The monoisotopic (exact) mass is 455 g/mol. The van der Waals surface area contributed by atoms with E-state index in [0.717, 1.165) is 41.0 Å². The van der Waals surface area contributed by atoms with Gasteiger partial charge in [0, 0.05) is 23.1 Å². The van der Waals surface area contributed by atoms with Crippen LogP contribution in [-0.2, 0) is 6.42 Å². The highest BCUT2D eigenvalue weighted by molar-refractivity contribution is 7.07. The van der Waals surface area contributed by atoms with Crippen LogP contribution in [0.5, 0.6) is 0 Å². The third-order valence-electron chi connectivity index (χ3n) is 6.46. The Morgan fingerprint density at radius 3 is 2.70 bits per heavy atom. The maximum atomic E-state index is 11.4. The molecule has 3 aromatic carbocycles. The zero-order valence-electron chi connectivity index (χ0n) is 18.7. The minimum Gasteiger partial charge on any atom is -0.309 e. The zero-order valence-corrected chi connectivity index (χ0v) is 19.5. The summed E-state index contributed by atoms with van der Waals surface area (Å²) >= 11 is 1.58. The SMILES string of the molecule is Cc1ccc(N=c2scc(-c3cccc([N+](=O)[O-])c3)n2C2CCCc3ccccc32)cc1C. The first-order valence-corrected chi connectivity index (χ1v) is 12.0. The van der Waals surface area contributed by atoms with Crippen molar-refractivity contribution in [1.82, 2.24) is 4.57 Å². The van der Waals surface area contributed by atoms with Crippen LogP contribution in [0.3, 0.4) is 0 Å². The van der Waals surface area contributed by atoms with Gasteiger partial charge in [0.25, 0.3) is 5.69 Å². The Labute approximate surface area is 196 Å². The summed E-state index contributed by atoms with van der Waals surface area (Å²) in [5.74, 6) is 0. The molecule has 1 heterocycles. The van der Waals surface area contributed by atoms with Crippen molar-refractivity contribution >= 4 is 22.7 Å². The van der Waals surface area contributed by atoms with E-state index in [0.29, 0.717) is 0 Å². The van der Waals surface area contributed by atoms with E-state index >= 15 is 0 Å². The molecule has 0 fully saturated rings. The van der Waals surface area contributed by atoms with Crippen molar-refractivity contribution in [3.63, 3.8) is 0 Å². The van der Waals surface area contributed by atoms with Gasteiger partial charge in [-0.3, -0.25) is 10.1 Å². The topological polar surface area (TPSA) is 60.4 Å². The molecule has 1 atom stereocenters. The fraction of sp³-hybridized carbons (Fsp3) is 0.222. The molecule has 6 heteroatoms. The minimum atomic E-state index is -0.337. The van der Waals surface area contributed by atoms with E-state index in [1.165, 1.54) is 28.3 Å². The molecule has 5 rings (SSSR count). The van der Waals surface area contributed by atoms with Gasteiger partial charge in [-0.1, -0.05) is 42.5 Å². The van der Waals surface area contributed by atoms with E-state index in [4.69, 9.17) is 4.99 Å². The van der Waals surface area contributed by atoms with Gasteiger partial charge in [-0.05, 0) is 67.5 Å². The number of hydrogen-bond acceptors (Lipinski definition) is 4. The van der Waals surface area contributed by atoms with Crippen molar-refractivity contribution in [3.05, 3.63) is 109 Å². The summed E-state index contributed by atoms with van der Waals surface area (Å²) in [5.41, 5.74) is 7.96. The van der Waals surface area contributed by atoms with Gasteiger partial charge in [0.05, 0.1) is 22.3 Å². The van der Waals surface area contributed by atoms with Gasteiger partial charge in [-0.15, -0.1) is 11.3 Å². The normalized spacial score (nSPS) is 15.9. The van der Waals surface area contributed by atoms with Crippen LogP contribution in [0, 0.1) is 24.0 Å². The Balaban J connectivity index is 1.74. The highest BCUT2D eigenvalue weighted by Gasteiger charge is 2.25. The lowest BCUT2D eigenvalue weighted by atomic mass is 9.87. The van der Waals surface area contributed by atoms with Crippen LogP contribution in [0.1, 0.15) is 41.1 Å². The van der Waals surface area contributed by atoms with E-state index in [2.05, 4.69) is 60.2 Å². The number of benzene rings is 3. The average Bonchev–Trinajstić information content (AvgIpc) is 3.24. The number of nitro benzene ring substituents is 1. The highest BCUT2D eigenvalue weighted by Crippen LogP contribution is 2.36. The van der Waals surface area contributed by atoms with Crippen LogP contribution < -0.4 is 4.80 Å². The maximum absolute atomic E-state index is 11.4. The first kappa shape index (κ1) is 21.3. The molecular weight excluding hydrogens is 430 g/mol. The summed E-state index contributed by atoms with van der Waals surface area (Å²) < 4.78 is 2.29. The van der Waals surface area contributed by atoms with Crippen molar-refractivity contribution in [3.8, 4) is 11.3 Å². The van der Waals surface area contributed by atoms with Gasteiger partial charge in [-0.2, -0.15) is 0 Å². The number of thiazole rings is 1. The summed E-state index contributed by atoms with van der Waals surface area (Å²) in [4.78, 5) is 17.0. The van der Waals surface area contributed by atoms with Crippen molar-refractivity contribution in [2.24, 2.45) is 4.99 Å². The average molecular weight is 456 g/mol. The molecule has 5 nitrogen and oxygen atoms in total. The molecule has 0 amide bonds. The number of nitrogens with zero attached hydrogens (tertiary/aromatic N) is 3. The minimum absolute atomic E-state index is 0.0990. The second-order valence-corrected chi connectivity index (χ2v) is 9.40. The van der Waals surface area contributed by atoms with Crippen LogP contribution in [0.25, 0.3) is 11.3 Å². The second-order valence-electron chi connectivity index (χ2n) is 8.57. The largest absolute Gasteiger partial charge is 0.309 e. The number of nitro groups is 1. The van der Waals surface area contributed by atoms with Gasteiger partial charge in [-0.25, -0.2) is 4.99 Å². The molecule has 0 N–H and O–H groups in total. The molecule has 33 heavy (non-hydrogen) atoms. The Bertz CT molecular complexity index is 1420. The van der Waals surface area contributed by atoms with Gasteiger partial charge < -0.3 is 4.57 Å². The molecule has 0 saturated carbocycles. The molecule has 1 aliphatic carbocycles. The number of rotatable bonds is 4. The molecule has 0 spiro atoms. The first-order chi connectivity index (χ1) is 16.0. The molecule has 166 valence electrons. The summed E-state index contributed by atoms with van der Waals surface area (Å²) in [6.45, 7) is 4.20. The smallest absolute Gasteiger partial charge is 0.270 e. The molecule has 0 bridgehead atoms. The third kappa shape index (κ3) is 4.14. The fourth-order valence-electron chi connectivity index (χ4n) is 4.59. The van der Waals surface area contributed by atoms with Crippen LogP contribution in [-0.4, -0.2) is 9.49 Å². The molecule has 1 aliphatic rings. The Hall–Kier alpha value is -3.51. The Kier molecular flexibility index (Phi) is 5.68. The molecule has 0 saturated heterocycles. The highest BCUT2D eigenvalue weighted by atomic mass is 32.1. The zero-order chi connectivity index (χ0) is 22.9. The van der Waals surface area contributed by atoms with Crippen molar-refractivity contribution in [2.75, 3.05) is 0 Å². The number of fused-ring (bicyclic) bond motifs is 1. The van der Waals surface area contributed by atoms with Crippen molar-refractivity contribution < 1.29 is 4.92 Å². The van der Waals surface area contributed by atoms with E-state index in [1.54, 1.807) is 23.5 Å². The third-order valence-corrected chi connectivity index (χ3v) is 7.30. The van der Waals surface area contributed by atoms with Gasteiger partial charge in [0.2, 0.25) is 0 Å². The van der Waals surface area contributed by atoms with Crippen LogP contribution >= 0.6 is 11.3 Å². The summed E-state index contributed by atoms with van der Waals surface area (Å²) in [5, 5.41) is 13.5. The van der Waals surface area contributed by atoms with Gasteiger partial charge >= 0.3 is 0 Å². The number of aryl methyl sites for hydroxylation is 3. The Morgan fingerprint density at radius 2 is 1.88 bits per heavy atom. The second kappa shape index (κ2) is 8.79. The predicted molar refractivity (Wildman–Crippen MR) is 133 cm³/mol. The van der Waals surface area contributed by atoms with E-state index in [1.807, 2.05) is 12.1 Å². The first-order valence-electron chi connectivity index (χ1n) is 11.2. The van der Waals surface area contributed by atoms with Crippen LogP contribution in [0.4, 0.5) is 11.4 Å². The van der Waals surface area contributed by atoms with Gasteiger partial charge in [0.1, 0.15) is 0 Å². The lowest BCUT2D eigenvalue weighted by Gasteiger charge is -2.28. The van der Waals surface area contributed by atoms with Crippen molar-refractivity contribution in [2.45, 2.75) is 39.2 Å². The van der Waals surface area contributed by atoms with Crippen LogP contribution in [0.15, 0.2) is 77.1 Å². The van der Waals surface area contributed by atoms with E-state index < -0.39 is 0 Å². The molecule has 4 aromatic rings. The van der Waals surface area contributed by atoms with Crippen molar-refractivity contribution in [1.29, 1.82) is 0 Å². The lowest BCUT2D eigenvalue weighted by Crippen LogP contribution is -2.26. The Morgan fingerprint density at radius 1 is 1.03 bits per heavy atom. The molecule has 0 aliphatic heterocycles. The molecule has 0 radical (unpaired) electrons. The number of hydrogen-bond donors (Lipinski definition) is 0. The number of non-ortho nitro benzene ring substituents is 1. The molecular formula is C27H25N3O2S. The van der Waals surface area contributed by atoms with Gasteiger partial charge in [0.15, 0.2) is 4.80 Å². The molecule has 1 unspecified atom stereocenters. The summed E-state index contributed by atoms with van der Waals surface area (Å²) in [7, 11) is 0. The molecule has 1 aromatic heterocycles. The van der Waals surface area contributed by atoms with E-state index in [-0.39, 0.29) is 16.7 Å². The summed E-state index contributed by atoms with van der Waals surface area (Å²) in [6.07, 6.45) is 3.19. The summed E-state index contributed by atoms with van der Waals surface area (Å²) in [6, 6.07) is 21.9. The van der Waals surface area contributed by atoms with E-state index in [9.17, 15) is 10.1 Å². The predicted octanol–water partition coefficient (Wildman–Crippen LogP) is 6.90. The quantitative estimate of drug-likeness (QED) is 0.248. The fourth-order valence-corrected chi connectivity index (χ4v) is 5.56. The van der Waals surface area contributed by atoms with Crippen LogP contribution in [0.2, 0.25) is 0 Å². The lowest BCUT2D eigenvalue weighted by molar-refractivity contribution is -0.384.